The first kappa shape index (κ1) is 12.2. The Kier molecular flexibility index (Phi) is 4.24. The van der Waals surface area contributed by atoms with E-state index in [1.54, 1.807) is 0 Å². The minimum atomic E-state index is -0.191. The van der Waals surface area contributed by atoms with Crippen molar-refractivity contribution in [2.24, 2.45) is 0 Å². The lowest BCUT2D eigenvalue weighted by atomic mass is 10.1. The Hall–Kier alpha value is -1.25. The van der Waals surface area contributed by atoms with E-state index in [0.717, 1.165) is 37.9 Å². The van der Waals surface area contributed by atoms with Gasteiger partial charge in [-0.3, -0.25) is 0 Å². The molecule has 0 unspecified atom stereocenters. The molecule has 3 heteroatoms. The molecule has 0 saturated carbocycles. The summed E-state index contributed by atoms with van der Waals surface area (Å²) in [4.78, 5) is 14.2. The second-order valence-corrected chi connectivity index (χ2v) is 4.69. The molecule has 1 aliphatic heterocycles. The van der Waals surface area contributed by atoms with Crippen LogP contribution < -0.4 is 0 Å². The first-order valence-electron chi connectivity index (χ1n) is 6.56. The van der Waals surface area contributed by atoms with Crippen LogP contribution in [0.4, 0.5) is 0 Å². The fourth-order valence-corrected chi connectivity index (χ4v) is 2.61. The van der Waals surface area contributed by atoms with Crippen LogP contribution in [0, 0.1) is 0 Å². The van der Waals surface area contributed by atoms with Gasteiger partial charge in [-0.05, 0) is 44.6 Å². The zero-order valence-corrected chi connectivity index (χ0v) is 10.6. The van der Waals surface area contributed by atoms with Crippen molar-refractivity contribution in [2.75, 3.05) is 20.2 Å². The molecule has 1 fully saturated rings. The van der Waals surface area contributed by atoms with E-state index in [1.165, 1.54) is 32.1 Å². The lowest BCUT2D eigenvalue weighted by molar-refractivity contribution is -0.135. The van der Waals surface area contributed by atoms with Gasteiger partial charge in [-0.25, -0.2) is 4.79 Å². The monoisotopic (exact) mass is 235 g/mol. The number of piperidine rings is 1. The van der Waals surface area contributed by atoms with Crippen LogP contribution in [-0.2, 0) is 9.53 Å². The summed E-state index contributed by atoms with van der Waals surface area (Å²) in [5, 5.41) is 0. The van der Waals surface area contributed by atoms with Crippen LogP contribution in [0.25, 0.3) is 0 Å². The maximum Gasteiger partial charge on any atom is 0.339 e. The summed E-state index contributed by atoms with van der Waals surface area (Å²) in [5.74, 6) is -0.191. The number of nitrogens with zero attached hydrogens (tertiary/aromatic N) is 1. The predicted molar refractivity (Wildman–Crippen MR) is 67.5 cm³/mol. The Balaban J connectivity index is 2.25. The van der Waals surface area contributed by atoms with Crippen LogP contribution in [0.1, 0.15) is 38.5 Å². The van der Waals surface area contributed by atoms with Crippen LogP contribution in [0.3, 0.4) is 0 Å². The number of ether oxygens (including phenoxy) is 1. The normalized spacial score (nSPS) is 21.4. The highest BCUT2D eigenvalue weighted by Crippen LogP contribution is 2.26. The average Bonchev–Trinajstić information content (AvgIpc) is 2.64. The van der Waals surface area contributed by atoms with E-state index in [2.05, 4.69) is 11.0 Å². The molecule has 0 aromatic carbocycles. The minimum absolute atomic E-state index is 0.191. The SMILES string of the molecule is COC(=O)C1=C(N2CCCCC2)CCCC=C1. The smallest absolute Gasteiger partial charge is 0.339 e. The lowest BCUT2D eigenvalue weighted by Gasteiger charge is -2.32. The standard InChI is InChI=1S/C14H21NO2/c1-17-14(16)12-8-4-2-5-9-13(12)15-10-6-3-7-11-15/h4,8H,2-3,5-7,9-11H2,1H3. The van der Waals surface area contributed by atoms with Gasteiger partial charge < -0.3 is 9.64 Å². The second-order valence-electron chi connectivity index (χ2n) is 4.69. The summed E-state index contributed by atoms with van der Waals surface area (Å²) in [6, 6.07) is 0. The van der Waals surface area contributed by atoms with E-state index >= 15 is 0 Å². The Labute approximate surface area is 103 Å². The molecule has 3 nitrogen and oxygen atoms in total. The molecule has 94 valence electrons. The molecule has 0 amide bonds. The first-order valence-corrected chi connectivity index (χ1v) is 6.56. The summed E-state index contributed by atoms with van der Waals surface area (Å²) >= 11 is 0. The highest BCUT2D eigenvalue weighted by atomic mass is 16.5. The number of rotatable bonds is 2. The largest absolute Gasteiger partial charge is 0.465 e. The third-order valence-corrected chi connectivity index (χ3v) is 3.52. The Morgan fingerprint density at radius 1 is 1.24 bits per heavy atom. The maximum atomic E-state index is 11.8. The molecular formula is C14H21NO2. The van der Waals surface area contributed by atoms with E-state index < -0.39 is 0 Å². The van der Waals surface area contributed by atoms with E-state index in [0.29, 0.717) is 0 Å². The Morgan fingerprint density at radius 2 is 2.00 bits per heavy atom. The molecule has 0 aromatic rings. The van der Waals surface area contributed by atoms with Crippen molar-refractivity contribution in [3.63, 3.8) is 0 Å². The average molecular weight is 235 g/mol. The molecule has 0 spiro atoms. The van der Waals surface area contributed by atoms with Gasteiger partial charge in [0, 0.05) is 18.8 Å². The topological polar surface area (TPSA) is 29.5 Å². The van der Waals surface area contributed by atoms with Gasteiger partial charge in [0.25, 0.3) is 0 Å². The first-order chi connectivity index (χ1) is 8.33. The van der Waals surface area contributed by atoms with Crippen molar-refractivity contribution in [1.29, 1.82) is 0 Å². The van der Waals surface area contributed by atoms with Gasteiger partial charge >= 0.3 is 5.97 Å². The number of likely N-dealkylation sites (tertiary alicyclic amines) is 1. The van der Waals surface area contributed by atoms with Gasteiger partial charge in [-0.2, -0.15) is 0 Å². The van der Waals surface area contributed by atoms with Gasteiger partial charge in [0.15, 0.2) is 0 Å². The zero-order chi connectivity index (χ0) is 12.1. The van der Waals surface area contributed by atoms with Crippen LogP contribution >= 0.6 is 0 Å². The number of carbonyl (C=O) groups is 1. The van der Waals surface area contributed by atoms with Crippen molar-refractivity contribution in [3.05, 3.63) is 23.4 Å². The number of esters is 1. The molecule has 2 rings (SSSR count). The Bertz CT molecular complexity index is 338. The van der Waals surface area contributed by atoms with E-state index in [-0.39, 0.29) is 5.97 Å². The van der Waals surface area contributed by atoms with Gasteiger partial charge in [0.1, 0.15) is 0 Å². The third-order valence-electron chi connectivity index (χ3n) is 3.52. The highest BCUT2D eigenvalue weighted by Gasteiger charge is 2.21. The summed E-state index contributed by atoms with van der Waals surface area (Å²) in [7, 11) is 1.46. The zero-order valence-electron chi connectivity index (χ0n) is 10.6. The molecule has 0 radical (unpaired) electrons. The van der Waals surface area contributed by atoms with Crippen LogP contribution in [0.15, 0.2) is 23.4 Å². The number of methoxy groups -OCH3 is 1. The van der Waals surface area contributed by atoms with Crippen LogP contribution in [-0.4, -0.2) is 31.1 Å². The molecule has 1 saturated heterocycles. The number of hydrogen-bond acceptors (Lipinski definition) is 3. The highest BCUT2D eigenvalue weighted by molar-refractivity contribution is 5.92. The summed E-state index contributed by atoms with van der Waals surface area (Å²) in [6.45, 7) is 2.17. The lowest BCUT2D eigenvalue weighted by Crippen LogP contribution is -2.31. The summed E-state index contributed by atoms with van der Waals surface area (Å²) in [5.41, 5.74) is 1.97. The fraction of sp³-hybridized carbons (Fsp3) is 0.643. The van der Waals surface area contributed by atoms with Gasteiger partial charge in [-0.15, -0.1) is 0 Å². The van der Waals surface area contributed by atoms with Crippen molar-refractivity contribution < 1.29 is 9.53 Å². The van der Waals surface area contributed by atoms with Gasteiger partial charge in [0.05, 0.1) is 12.7 Å². The molecular weight excluding hydrogens is 214 g/mol. The molecule has 1 heterocycles. The number of allylic oxidation sites excluding steroid dienone is 2. The number of carbonyl (C=O) groups excluding carboxylic acids is 1. The van der Waals surface area contributed by atoms with Crippen molar-refractivity contribution >= 4 is 5.97 Å². The molecule has 0 aromatic heterocycles. The Morgan fingerprint density at radius 3 is 2.71 bits per heavy atom. The molecule has 2 aliphatic rings. The van der Waals surface area contributed by atoms with Crippen molar-refractivity contribution in [2.45, 2.75) is 38.5 Å². The molecule has 0 bridgehead atoms. The van der Waals surface area contributed by atoms with Crippen molar-refractivity contribution in [1.82, 2.24) is 4.90 Å². The molecule has 0 N–H and O–H groups in total. The van der Waals surface area contributed by atoms with E-state index in [4.69, 9.17) is 4.74 Å². The number of hydrogen-bond donors (Lipinski definition) is 0. The van der Waals surface area contributed by atoms with Gasteiger partial charge in [-0.1, -0.05) is 6.08 Å². The van der Waals surface area contributed by atoms with Crippen molar-refractivity contribution in [3.8, 4) is 0 Å². The molecule has 0 atom stereocenters. The second kappa shape index (κ2) is 5.89. The van der Waals surface area contributed by atoms with E-state index in [9.17, 15) is 4.79 Å². The third kappa shape index (κ3) is 2.90. The maximum absolute atomic E-state index is 11.8. The minimum Gasteiger partial charge on any atom is -0.465 e. The van der Waals surface area contributed by atoms with E-state index in [1.807, 2.05) is 6.08 Å². The van der Waals surface area contributed by atoms with Crippen LogP contribution in [0.5, 0.6) is 0 Å². The van der Waals surface area contributed by atoms with Crippen LogP contribution in [0.2, 0.25) is 0 Å². The molecule has 1 aliphatic carbocycles. The quantitative estimate of drug-likeness (QED) is 0.689. The predicted octanol–water partition coefficient (Wildman–Crippen LogP) is 2.64. The summed E-state index contributed by atoms with van der Waals surface area (Å²) in [6.07, 6.45) is 11.0. The van der Waals surface area contributed by atoms with Gasteiger partial charge in [0.2, 0.25) is 0 Å². The molecule has 17 heavy (non-hydrogen) atoms. The fourth-order valence-electron chi connectivity index (χ4n) is 2.61. The summed E-state index contributed by atoms with van der Waals surface area (Å²) < 4.78 is 4.89.